The number of aromatic amines is 1. The molecule has 0 amide bonds. The molecule has 0 aliphatic carbocycles. The number of Topliss-reactive ketones (excluding diaryl/α,β-unsaturated/α-hetero) is 2. The number of imidazole rings is 1. The lowest BCUT2D eigenvalue weighted by atomic mass is 9.87. The first-order valence-corrected chi connectivity index (χ1v) is 6.04. The third-order valence-corrected chi connectivity index (χ3v) is 2.75. The van der Waals surface area contributed by atoms with Gasteiger partial charge in [0.05, 0.1) is 18.2 Å². The number of hydrogen-bond acceptors (Lipinski definition) is 3. The predicted octanol–water partition coefficient (Wildman–Crippen LogP) is 2.78. The average molecular weight is 248 g/mol. The molecule has 98 valence electrons. The van der Waals surface area contributed by atoms with Gasteiger partial charge in [0.2, 0.25) is 0 Å². The van der Waals surface area contributed by atoms with Crippen molar-refractivity contribution in [3.8, 4) is 0 Å². The first-order chi connectivity index (χ1) is 8.30. The van der Waals surface area contributed by atoms with Gasteiger partial charge in [-0.2, -0.15) is 0 Å². The molecule has 0 aromatic carbocycles. The highest BCUT2D eigenvalue weighted by Gasteiger charge is 2.21. The van der Waals surface area contributed by atoms with E-state index in [9.17, 15) is 9.59 Å². The topological polar surface area (TPSA) is 62.8 Å². The fraction of sp³-hybridized carbons (Fsp3) is 0.500. The maximum Gasteiger partial charge on any atom is 0.159 e. The third kappa shape index (κ3) is 4.28. The lowest BCUT2D eigenvalue weighted by Crippen LogP contribution is -2.20. The van der Waals surface area contributed by atoms with Gasteiger partial charge in [-0.3, -0.25) is 9.59 Å². The van der Waals surface area contributed by atoms with Crippen molar-refractivity contribution in [3.05, 3.63) is 23.8 Å². The van der Waals surface area contributed by atoms with Gasteiger partial charge >= 0.3 is 0 Å². The Labute approximate surface area is 108 Å². The summed E-state index contributed by atoms with van der Waals surface area (Å²) < 4.78 is 0. The van der Waals surface area contributed by atoms with Crippen molar-refractivity contribution in [2.75, 3.05) is 0 Å². The van der Waals surface area contributed by atoms with Gasteiger partial charge in [-0.15, -0.1) is 0 Å². The van der Waals surface area contributed by atoms with Gasteiger partial charge in [0.1, 0.15) is 5.78 Å². The van der Waals surface area contributed by atoms with Gasteiger partial charge in [-0.25, -0.2) is 4.98 Å². The maximum absolute atomic E-state index is 11.8. The zero-order valence-electron chi connectivity index (χ0n) is 11.4. The molecule has 0 aliphatic heterocycles. The van der Waals surface area contributed by atoms with Gasteiger partial charge in [-0.1, -0.05) is 20.8 Å². The van der Waals surface area contributed by atoms with Crippen molar-refractivity contribution in [2.45, 2.75) is 40.5 Å². The molecule has 0 bridgehead atoms. The number of allylic oxidation sites excluding steroid dienone is 1. The van der Waals surface area contributed by atoms with E-state index in [-0.39, 0.29) is 23.4 Å². The Bertz CT molecular complexity index is 451. The number of aromatic nitrogens is 2. The fourth-order valence-electron chi connectivity index (χ4n) is 1.46. The highest BCUT2D eigenvalue weighted by atomic mass is 16.1. The van der Waals surface area contributed by atoms with Crippen molar-refractivity contribution in [1.29, 1.82) is 0 Å². The van der Waals surface area contributed by atoms with Crippen LogP contribution < -0.4 is 0 Å². The molecule has 0 radical (unpaired) electrons. The summed E-state index contributed by atoms with van der Waals surface area (Å²) in [5.74, 6) is 0.118. The minimum absolute atomic E-state index is 0.00204. The zero-order chi connectivity index (χ0) is 13.8. The summed E-state index contributed by atoms with van der Waals surface area (Å²) in [7, 11) is 0. The molecule has 0 aliphatic rings. The second kappa shape index (κ2) is 5.76. The molecule has 0 fully saturated rings. The molecule has 1 N–H and O–H groups in total. The highest BCUT2D eigenvalue weighted by Crippen LogP contribution is 2.18. The number of hydrogen-bond donors (Lipinski definition) is 1. The molecule has 18 heavy (non-hydrogen) atoms. The van der Waals surface area contributed by atoms with E-state index in [0.717, 1.165) is 5.69 Å². The molecule has 0 saturated carbocycles. The number of nitrogens with zero attached hydrogens (tertiary/aromatic N) is 1. The Morgan fingerprint density at radius 1 is 1.33 bits per heavy atom. The van der Waals surface area contributed by atoms with Crippen LogP contribution in [0.2, 0.25) is 0 Å². The molecule has 0 atom stereocenters. The molecule has 4 nitrogen and oxygen atoms in total. The number of nitrogens with one attached hydrogen (secondary N) is 1. The molecule has 1 rings (SSSR count). The van der Waals surface area contributed by atoms with Crippen molar-refractivity contribution in [2.24, 2.45) is 5.41 Å². The quantitative estimate of drug-likeness (QED) is 0.815. The lowest BCUT2D eigenvalue weighted by molar-refractivity contribution is -0.128. The Balaban J connectivity index is 2.54. The van der Waals surface area contributed by atoms with Crippen molar-refractivity contribution >= 4 is 17.6 Å². The van der Waals surface area contributed by atoms with Crippen LogP contribution in [-0.2, 0) is 9.59 Å². The van der Waals surface area contributed by atoms with Crippen molar-refractivity contribution in [3.63, 3.8) is 0 Å². The average Bonchev–Trinajstić information content (AvgIpc) is 2.76. The largest absolute Gasteiger partial charge is 0.345 e. The minimum Gasteiger partial charge on any atom is -0.345 e. The number of carbonyl (C=O) groups is 2. The smallest absolute Gasteiger partial charge is 0.159 e. The second-order valence-corrected chi connectivity index (χ2v) is 5.43. The van der Waals surface area contributed by atoms with Crippen molar-refractivity contribution in [1.82, 2.24) is 9.97 Å². The van der Waals surface area contributed by atoms with Gasteiger partial charge in [0, 0.05) is 18.3 Å². The molecule has 1 aromatic rings. The van der Waals surface area contributed by atoms with E-state index in [2.05, 4.69) is 9.97 Å². The molecule has 1 heterocycles. The third-order valence-electron chi connectivity index (χ3n) is 2.75. The Hall–Kier alpha value is -1.71. The van der Waals surface area contributed by atoms with Crippen LogP contribution in [0.15, 0.2) is 18.1 Å². The van der Waals surface area contributed by atoms with E-state index < -0.39 is 0 Å². The van der Waals surface area contributed by atoms with Crippen LogP contribution in [-0.4, -0.2) is 21.5 Å². The van der Waals surface area contributed by atoms with Gasteiger partial charge in [0.15, 0.2) is 5.78 Å². The zero-order valence-corrected chi connectivity index (χ0v) is 11.4. The first-order valence-electron chi connectivity index (χ1n) is 6.04. The van der Waals surface area contributed by atoms with E-state index in [0.29, 0.717) is 12.0 Å². The second-order valence-electron chi connectivity index (χ2n) is 5.43. The summed E-state index contributed by atoms with van der Waals surface area (Å²) in [6.45, 7) is 7.36. The summed E-state index contributed by atoms with van der Waals surface area (Å²) >= 11 is 0. The fourth-order valence-corrected chi connectivity index (χ4v) is 1.46. The SMILES string of the molecule is C/C(=C\c1cnc[nH]1)C(=O)CCC(=O)C(C)(C)C. The van der Waals surface area contributed by atoms with Crippen LogP contribution in [0.1, 0.15) is 46.2 Å². The lowest BCUT2D eigenvalue weighted by Gasteiger charge is -2.15. The van der Waals surface area contributed by atoms with E-state index >= 15 is 0 Å². The molecular weight excluding hydrogens is 228 g/mol. The van der Waals surface area contributed by atoms with Crippen LogP contribution in [0.3, 0.4) is 0 Å². The standard InChI is InChI=1S/C14H20N2O2/c1-10(7-11-8-15-9-16-11)12(17)5-6-13(18)14(2,3)4/h7-9H,5-6H2,1-4H3,(H,15,16)/b10-7+. The molecule has 1 aromatic heterocycles. The van der Waals surface area contributed by atoms with E-state index in [1.54, 1.807) is 25.5 Å². The Kier molecular flexibility index (Phi) is 4.59. The number of ketones is 2. The Morgan fingerprint density at radius 3 is 2.50 bits per heavy atom. The van der Waals surface area contributed by atoms with E-state index in [4.69, 9.17) is 0 Å². The number of carbonyl (C=O) groups excluding carboxylic acids is 2. The van der Waals surface area contributed by atoms with E-state index in [1.807, 2.05) is 20.8 Å². The maximum atomic E-state index is 11.8. The normalized spacial score (nSPS) is 12.6. The molecule has 0 unspecified atom stereocenters. The van der Waals surface area contributed by atoms with Crippen LogP contribution in [0.5, 0.6) is 0 Å². The summed E-state index contributed by atoms with van der Waals surface area (Å²) in [5.41, 5.74) is 1.06. The van der Waals surface area contributed by atoms with Crippen LogP contribution >= 0.6 is 0 Å². The van der Waals surface area contributed by atoms with Crippen LogP contribution in [0.25, 0.3) is 6.08 Å². The summed E-state index contributed by atoms with van der Waals surface area (Å²) in [4.78, 5) is 30.3. The molecular formula is C14H20N2O2. The van der Waals surface area contributed by atoms with Crippen LogP contribution in [0, 0.1) is 5.41 Å². The van der Waals surface area contributed by atoms with E-state index in [1.165, 1.54) is 0 Å². The Morgan fingerprint density at radius 2 is 2.00 bits per heavy atom. The van der Waals surface area contributed by atoms with Crippen molar-refractivity contribution < 1.29 is 9.59 Å². The van der Waals surface area contributed by atoms with Gasteiger partial charge in [-0.05, 0) is 18.6 Å². The van der Waals surface area contributed by atoms with Gasteiger partial charge in [0.25, 0.3) is 0 Å². The molecule has 4 heteroatoms. The summed E-state index contributed by atoms with van der Waals surface area (Å²) in [6.07, 6.45) is 5.53. The molecule has 0 saturated heterocycles. The van der Waals surface area contributed by atoms with Gasteiger partial charge < -0.3 is 4.98 Å². The summed E-state index contributed by atoms with van der Waals surface area (Å²) in [5, 5.41) is 0. The minimum atomic E-state index is -0.374. The predicted molar refractivity (Wildman–Crippen MR) is 70.9 cm³/mol. The summed E-state index contributed by atoms with van der Waals surface area (Å²) in [6, 6.07) is 0. The molecule has 0 spiro atoms. The number of H-pyrrole nitrogens is 1. The van der Waals surface area contributed by atoms with Crippen LogP contribution in [0.4, 0.5) is 0 Å². The first kappa shape index (κ1) is 14.4. The highest BCUT2D eigenvalue weighted by molar-refractivity contribution is 6.00. The number of rotatable bonds is 5. The monoisotopic (exact) mass is 248 g/mol.